The monoisotopic (exact) mass is 815 g/mol. The third-order valence-electron chi connectivity index (χ3n) is 10.0. The van der Waals surface area contributed by atoms with Crippen LogP contribution in [0.5, 0.6) is 34.5 Å². The van der Waals surface area contributed by atoms with E-state index in [4.69, 9.17) is 29.0 Å². The van der Waals surface area contributed by atoms with E-state index in [-0.39, 0.29) is 17.2 Å². The fourth-order valence-corrected chi connectivity index (χ4v) is 6.97. The number of aromatic amines is 2. The lowest BCUT2D eigenvalue weighted by molar-refractivity contribution is -0.156. The number of benzene rings is 4. The molecule has 4 aromatic heterocycles. The van der Waals surface area contributed by atoms with E-state index in [1.165, 1.54) is 6.07 Å². The van der Waals surface area contributed by atoms with Crippen LogP contribution in [0.4, 0.5) is 4.79 Å². The summed E-state index contributed by atoms with van der Waals surface area (Å²) in [5.74, 6) is 3.26. The topological polar surface area (TPSA) is 192 Å². The molecule has 1 aliphatic heterocycles. The van der Waals surface area contributed by atoms with Gasteiger partial charge in [-0.3, -0.25) is 9.97 Å². The summed E-state index contributed by atoms with van der Waals surface area (Å²) in [6.45, 7) is 7.03. The Balaban J connectivity index is 0.000000190. The molecule has 14 heteroatoms. The van der Waals surface area contributed by atoms with Crippen LogP contribution in [0, 0.1) is 28.6 Å². The molecule has 4 aromatic carbocycles. The fourth-order valence-electron chi connectivity index (χ4n) is 6.97. The van der Waals surface area contributed by atoms with Gasteiger partial charge >= 0.3 is 6.16 Å². The van der Waals surface area contributed by atoms with Gasteiger partial charge in [0.15, 0.2) is 0 Å². The first kappa shape index (κ1) is 40.0. The largest absolute Gasteiger partial charge is 0.528 e. The van der Waals surface area contributed by atoms with Crippen LogP contribution in [0.2, 0.25) is 0 Å². The van der Waals surface area contributed by atoms with E-state index in [1.54, 1.807) is 68.6 Å². The lowest BCUT2D eigenvalue weighted by Gasteiger charge is -2.31. The van der Waals surface area contributed by atoms with E-state index in [2.05, 4.69) is 26.0 Å². The van der Waals surface area contributed by atoms with Gasteiger partial charge in [0.05, 0.1) is 28.8 Å². The number of aromatic nitrogens is 4. The molecule has 1 saturated heterocycles. The second-order valence-electron chi connectivity index (χ2n) is 15.5. The Morgan fingerprint density at radius 3 is 1.87 bits per heavy atom. The van der Waals surface area contributed by atoms with Gasteiger partial charge in [-0.05, 0) is 112 Å². The van der Waals surface area contributed by atoms with E-state index >= 15 is 0 Å². The molecule has 61 heavy (non-hydrogen) atoms. The minimum atomic E-state index is -0.692. The number of nitrogens with zero attached hydrogens (tertiary/aromatic N) is 5. The van der Waals surface area contributed by atoms with Crippen LogP contribution in [0.3, 0.4) is 0 Å². The number of rotatable bonds is 8. The lowest BCUT2D eigenvalue weighted by atomic mass is 9.99. The molecule has 0 atom stereocenters. The number of nitrogens with one attached hydrogen (secondary N) is 2. The van der Waals surface area contributed by atoms with Crippen LogP contribution < -0.4 is 14.2 Å². The molecule has 14 nitrogen and oxygen atoms in total. The number of fused-ring (bicyclic) bond motifs is 4. The normalized spacial score (nSPS) is 13.3. The molecule has 0 aliphatic carbocycles. The predicted octanol–water partition coefficient (Wildman–Crippen LogP) is 10.4. The lowest BCUT2D eigenvalue weighted by Crippen LogP contribution is -2.38. The van der Waals surface area contributed by atoms with Crippen molar-refractivity contribution in [2.75, 3.05) is 19.7 Å². The third-order valence-corrected chi connectivity index (χ3v) is 10.0. The highest BCUT2D eigenvalue weighted by Gasteiger charge is 2.26. The van der Waals surface area contributed by atoms with Crippen molar-refractivity contribution in [3.8, 4) is 46.6 Å². The number of nitriles is 2. The summed E-state index contributed by atoms with van der Waals surface area (Å²) >= 11 is 0. The van der Waals surface area contributed by atoms with Crippen molar-refractivity contribution in [2.45, 2.75) is 39.2 Å². The summed E-state index contributed by atoms with van der Waals surface area (Å²) in [5, 5.41) is 33.8. The number of ether oxygens (including phenoxy) is 4. The van der Waals surface area contributed by atoms with Crippen LogP contribution >= 0.6 is 0 Å². The number of carbonyl (C=O) groups is 1. The van der Waals surface area contributed by atoms with Gasteiger partial charge in [0.1, 0.15) is 52.2 Å². The maximum atomic E-state index is 11.9. The summed E-state index contributed by atoms with van der Waals surface area (Å²) in [5.41, 5.74) is 3.33. The van der Waals surface area contributed by atoms with E-state index in [9.17, 15) is 15.2 Å². The second-order valence-corrected chi connectivity index (χ2v) is 15.5. The zero-order chi connectivity index (χ0) is 42.5. The maximum absolute atomic E-state index is 11.9. The van der Waals surface area contributed by atoms with Gasteiger partial charge in [0.2, 0.25) is 0 Å². The first-order valence-corrected chi connectivity index (χ1v) is 19.7. The third kappa shape index (κ3) is 9.41. The van der Waals surface area contributed by atoms with Crippen LogP contribution in [-0.4, -0.2) is 61.6 Å². The summed E-state index contributed by atoms with van der Waals surface area (Å²) in [6, 6.07) is 29.9. The maximum Gasteiger partial charge on any atom is 0.528 e. The highest BCUT2D eigenvalue weighted by Crippen LogP contribution is 2.36. The highest BCUT2D eigenvalue weighted by molar-refractivity contribution is 5.90. The first-order chi connectivity index (χ1) is 29.5. The summed E-state index contributed by atoms with van der Waals surface area (Å²) in [4.78, 5) is 32.2. The Hall–Kier alpha value is -7.81. The highest BCUT2D eigenvalue weighted by atomic mass is 16.8. The van der Waals surface area contributed by atoms with Crippen molar-refractivity contribution < 1.29 is 33.7 Å². The molecule has 1 fully saturated rings. The van der Waals surface area contributed by atoms with Gasteiger partial charge in [0.25, 0.3) is 0 Å². The van der Waals surface area contributed by atoms with Crippen molar-refractivity contribution in [2.24, 2.45) is 5.92 Å². The number of phenolic OH excluding ortho intramolecular Hbond substituents is 1. The van der Waals surface area contributed by atoms with Crippen LogP contribution in [0.15, 0.2) is 110 Å². The average Bonchev–Trinajstić information content (AvgIpc) is 3.92. The van der Waals surface area contributed by atoms with Gasteiger partial charge in [-0.1, -0.05) is 0 Å². The van der Waals surface area contributed by atoms with Crippen molar-refractivity contribution in [3.63, 3.8) is 0 Å². The minimum absolute atomic E-state index is 0.0848. The predicted molar refractivity (Wildman–Crippen MR) is 228 cm³/mol. The first-order valence-electron chi connectivity index (χ1n) is 19.7. The van der Waals surface area contributed by atoms with Gasteiger partial charge < -0.3 is 38.9 Å². The quantitative estimate of drug-likeness (QED) is 0.123. The van der Waals surface area contributed by atoms with Crippen molar-refractivity contribution in [1.82, 2.24) is 25.0 Å². The second kappa shape index (κ2) is 17.2. The molecule has 0 radical (unpaired) electrons. The SMILES string of the molecule is CC(C)(C)OC(=O)ON1CCC(COc2cc3nccc(Oc4ccc5[nH]ccc5c4)c3cc2C#N)CC1.N#Cc1cc2c(Oc3ccc4[nH]ccc4c3)ccnc2cc1O. The molecule has 0 saturated carbocycles. The van der Waals surface area contributed by atoms with E-state index < -0.39 is 11.8 Å². The van der Waals surface area contributed by atoms with Crippen molar-refractivity contribution in [3.05, 3.63) is 121 Å². The van der Waals surface area contributed by atoms with Gasteiger partial charge in [-0.25, -0.2) is 4.79 Å². The number of carbonyl (C=O) groups excluding carboxylic acids is 1. The standard InChI is InChI=1S/C29H30N4O5.C18H11N3O2/c1-29(2,3)37-28(34)38-33-12-8-19(9-13-33)18-35-27-16-25-23(15-21(27)17-30)26(7-11-32-25)36-22-4-5-24-20(14-22)6-10-31-24;19-10-12-8-14-16(9-17(12)22)21-6-4-18(14)23-13-1-2-15-11(7-13)3-5-20-15/h4-7,10-11,14-16,19,31H,8-9,12-13,18H2,1-3H3;1-9,20,22H. The summed E-state index contributed by atoms with van der Waals surface area (Å²) in [7, 11) is 0. The molecule has 5 heterocycles. The van der Waals surface area contributed by atoms with Gasteiger partial charge in [0, 0.05) is 82.6 Å². The van der Waals surface area contributed by atoms with Gasteiger partial charge in [-0.15, -0.1) is 5.06 Å². The molecule has 3 N–H and O–H groups in total. The Labute approximate surface area is 350 Å². The minimum Gasteiger partial charge on any atom is -0.506 e. The Kier molecular flexibility index (Phi) is 11.3. The average molecular weight is 816 g/mol. The molecular weight excluding hydrogens is 775 g/mol. The smallest absolute Gasteiger partial charge is 0.506 e. The number of piperidine rings is 1. The summed E-state index contributed by atoms with van der Waals surface area (Å²) < 4.78 is 23.4. The number of H-pyrrole nitrogens is 2. The number of hydroxylamine groups is 2. The fraction of sp³-hybridized carbons (Fsp3) is 0.213. The molecule has 9 rings (SSSR count). The van der Waals surface area contributed by atoms with E-state index in [1.807, 2.05) is 67.0 Å². The molecule has 0 unspecified atom stereocenters. The van der Waals surface area contributed by atoms with Crippen molar-refractivity contribution in [1.29, 1.82) is 10.5 Å². The number of aromatic hydroxyl groups is 1. The van der Waals surface area contributed by atoms with Crippen molar-refractivity contribution >= 4 is 49.8 Å². The number of hydrogen-bond donors (Lipinski definition) is 3. The molecule has 0 bridgehead atoms. The zero-order valence-electron chi connectivity index (χ0n) is 33.6. The molecule has 306 valence electrons. The Morgan fingerprint density at radius 1 is 0.754 bits per heavy atom. The number of phenols is 1. The Morgan fingerprint density at radius 2 is 1.31 bits per heavy atom. The van der Waals surface area contributed by atoms with E-state index in [0.717, 1.165) is 40.0 Å². The molecule has 1 aliphatic rings. The van der Waals surface area contributed by atoms with Crippen LogP contribution in [-0.2, 0) is 9.57 Å². The summed E-state index contributed by atoms with van der Waals surface area (Å²) in [6.07, 6.45) is 7.94. The molecular formula is C47H41N7O7. The number of pyridine rings is 2. The van der Waals surface area contributed by atoms with Crippen LogP contribution in [0.25, 0.3) is 43.6 Å². The zero-order valence-corrected chi connectivity index (χ0v) is 33.6. The van der Waals surface area contributed by atoms with E-state index in [0.29, 0.717) is 70.4 Å². The molecule has 8 aromatic rings. The van der Waals surface area contributed by atoms with Crippen LogP contribution in [0.1, 0.15) is 44.7 Å². The Bertz CT molecular complexity index is 2970. The van der Waals surface area contributed by atoms with Gasteiger partial charge in [-0.2, -0.15) is 10.5 Å². The molecule has 0 amide bonds. The molecule has 0 spiro atoms. The number of hydrogen-bond acceptors (Lipinski definition) is 12.